The smallest absolute Gasteiger partial charge is 0.189 e. The van der Waals surface area contributed by atoms with E-state index in [1.54, 1.807) is 0 Å². The Labute approximate surface area is 154 Å². The van der Waals surface area contributed by atoms with Gasteiger partial charge in [-0.2, -0.15) is 0 Å². The first kappa shape index (κ1) is 18.2. The van der Waals surface area contributed by atoms with Crippen LogP contribution in [0.2, 0.25) is 0 Å². The molecule has 4 nitrogen and oxygen atoms in total. The van der Waals surface area contributed by atoms with Crippen molar-refractivity contribution in [2.45, 2.75) is 27.7 Å². The van der Waals surface area contributed by atoms with Crippen LogP contribution in [0.3, 0.4) is 0 Å². The van der Waals surface area contributed by atoms with Crippen molar-refractivity contribution in [3.8, 4) is 0 Å². The maximum absolute atomic E-state index is 5.29. The summed E-state index contributed by atoms with van der Waals surface area (Å²) in [7, 11) is 0. The van der Waals surface area contributed by atoms with Crippen molar-refractivity contribution in [3.05, 3.63) is 58.7 Å². The third kappa shape index (κ3) is 4.91. The van der Waals surface area contributed by atoms with Gasteiger partial charge in [-0.15, -0.1) is 0 Å². The van der Waals surface area contributed by atoms with Gasteiger partial charge in [0.2, 0.25) is 0 Å². The van der Waals surface area contributed by atoms with Gasteiger partial charge in [0.15, 0.2) is 10.2 Å². The molecular formula is C18H22N4S2. The maximum atomic E-state index is 5.29. The fourth-order valence-corrected chi connectivity index (χ4v) is 2.46. The van der Waals surface area contributed by atoms with Crippen molar-refractivity contribution in [2.75, 3.05) is 10.6 Å². The van der Waals surface area contributed by atoms with Crippen LogP contribution in [0, 0.1) is 27.7 Å². The van der Waals surface area contributed by atoms with Crippen LogP contribution < -0.4 is 21.5 Å². The molecule has 2 rings (SSSR count). The van der Waals surface area contributed by atoms with Crippen molar-refractivity contribution < 1.29 is 0 Å². The fourth-order valence-electron chi connectivity index (χ4n) is 2.14. The summed E-state index contributed by atoms with van der Waals surface area (Å²) in [5.74, 6) is 0. The zero-order valence-corrected chi connectivity index (χ0v) is 15.9. The molecule has 0 unspecified atom stereocenters. The van der Waals surface area contributed by atoms with Crippen LogP contribution in [0.5, 0.6) is 0 Å². The van der Waals surface area contributed by atoms with Crippen molar-refractivity contribution in [3.63, 3.8) is 0 Å². The average molecular weight is 359 g/mol. The molecule has 0 fully saturated rings. The Bertz CT molecular complexity index is 772. The van der Waals surface area contributed by atoms with Gasteiger partial charge in [0.1, 0.15) is 0 Å². The van der Waals surface area contributed by atoms with E-state index in [1.165, 1.54) is 16.7 Å². The molecule has 6 heteroatoms. The van der Waals surface area contributed by atoms with Crippen LogP contribution in [0.4, 0.5) is 11.4 Å². The van der Waals surface area contributed by atoms with Gasteiger partial charge in [-0.1, -0.05) is 18.2 Å². The summed E-state index contributed by atoms with van der Waals surface area (Å²) in [6, 6.07) is 12.1. The highest BCUT2D eigenvalue weighted by molar-refractivity contribution is 7.81. The second-order valence-corrected chi connectivity index (χ2v) is 6.52. The number of benzene rings is 2. The quantitative estimate of drug-likeness (QED) is 0.479. The van der Waals surface area contributed by atoms with Crippen molar-refractivity contribution in [1.82, 2.24) is 10.9 Å². The van der Waals surface area contributed by atoms with Gasteiger partial charge in [0.05, 0.1) is 0 Å². The Morgan fingerprint density at radius 1 is 0.750 bits per heavy atom. The lowest BCUT2D eigenvalue weighted by Crippen LogP contribution is -2.45. The zero-order valence-electron chi connectivity index (χ0n) is 14.3. The monoisotopic (exact) mass is 358 g/mol. The van der Waals surface area contributed by atoms with Gasteiger partial charge < -0.3 is 10.6 Å². The van der Waals surface area contributed by atoms with Crippen LogP contribution in [0.25, 0.3) is 0 Å². The lowest BCUT2D eigenvalue weighted by atomic mass is 10.1. The lowest BCUT2D eigenvalue weighted by molar-refractivity contribution is 0.885. The summed E-state index contributed by atoms with van der Waals surface area (Å²) >= 11 is 10.6. The molecule has 2 aromatic carbocycles. The highest BCUT2D eigenvalue weighted by Crippen LogP contribution is 2.17. The molecule has 0 amide bonds. The molecule has 0 spiro atoms. The fraction of sp³-hybridized carbons (Fsp3) is 0.222. The molecule has 0 radical (unpaired) electrons. The van der Waals surface area contributed by atoms with E-state index >= 15 is 0 Å². The van der Waals surface area contributed by atoms with Gasteiger partial charge in [-0.25, -0.2) is 0 Å². The molecule has 24 heavy (non-hydrogen) atoms. The molecule has 0 atom stereocenters. The second kappa shape index (κ2) is 8.08. The number of hydrazine groups is 1. The molecule has 0 saturated carbocycles. The zero-order chi connectivity index (χ0) is 17.7. The molecule has 0 aliphatic rings. The Balaban J connectivity index is 1.86. The number of anilines is 2. The summed E-state index contributed by atoms with van der Waals surface area (Å²) in [5, 5.41) is 7.18. The first-order chi connectivity index (χ1) is 11.4. The van der Waals surface area contributed by atoms with E-state index < -0.39 is 0 Å². The van der Waals surface area contributed by atoms with E-state index in [1.807, 2.05) is 18.2 Å². The summed E-state index contributed by atoms with van der Waals surface area (Å²) in [6.45, 7) is 8.27. The van der Waals surface area contributed by atoms with E-state index in [4.69, 9.17) is 24.4 Å². The number of nitrogens with one attached hydrogen (secondary N) is 4. The average Bonchev–Trinajstić information content (AvgIpc) is 2.53. The minimum Gasteiger partial charge on any atom is -0.331 e. The van der Waals surface area contributed by atoms with Crippen molar-refractivity contribution in [2.24, 2.45) is 0 Å². The minimum absolute atomic E-state index is 0.448. The molecular weight excluding hydrogens is 336 g/mol. The number of rotatable bonds is 2. The predicted octanol–water partition coefficient (Wildman–Crippen LogP) is 4.11. The largest absolute Gasteiger partial charge is 0.331 e. The van der Waals surface area contributed by atoms with Gasteiger partial charge in [-0.3, -0.25) is 10.9 Å². The van der Waals surface area contributed by atoms with Crippen LogP contribution in [0.1, 0.15) is 22.3 Å². The summed E-state index contributed by atoms with van der Waals surface area (Å²) in [6.07, 6.45) is 0. The van der Waals surface area contributed by atoms with Gasteiger partial charge in [0, 0.05) is 11.4 Å². The van der Waals surface area contributed by atoms with E-state index in [-0.39, 0.29) is 0 Å². The third-order valence-electron chi connectivity index (χ3n) is 3.91. The van der Waals surface area contributed by atoms with Gasteiger partial charge in [-0.05, 0) is 92.6 Å². The third-order valence-corrected chi connectivity index (χ3v) is 4.32. The molecule has 0 aliphatic heterocycles. The second-order valence-electron chi connectivity index (χ2n) is 5.70. The predicted molar refractivity (Wildman–Crippen MR) is 111 cm³/mol. The van der Waals surface area contributed by atoms with E-state index in [2.05, 4.69) is 67.4 Å². The number of aryl methyl sites for hydroxylation is 3. The summed E-state index contributed by atoms with van der Waals surface area (Å²) in [4.78, 5) is 0. The Morgan fingerprint density at radius 2 is 1.42 bits per heavy atom. The van der Waals surface area contributed by atoms with E-state index in [9.17, 15) is 0 Å². The first-order valence-corrected chi connectivity index (χ1v) is 8.46. The van der Waals surface area contributed by atoms with Crippen molar-refractivity contribution in [1.29, 1.82) is 0 Å². The Morgan fingerprint density at radius 3 is 2.08 bits per heavy atom. The molecule has 126 valence electrons. The summed E-state index contributed by atoms with van der Waals surface area (Å²) in [5.41, 5.74) is 12.5. The van der Waals surface area contributed by atoms with Crippen LogP contribution in [-0.2, 0) is 0 Å². The Hall–Kier alpha value is -2.18. The van der Waals surface area contributed by atoms with Gasteiger partial charge in [0.25, 0.3) is 0 Å². The molecule has 0 aromatic heterocycles. The van der Waals surface area contributed by atoms with Crippen molar-refractivity contribution >= 4 is 46.0 Å². The van der Waals surface area contributed by atoms with Crippen LogP contribution >= 0.6 is 24.4 Å². The number of hydrogen-bond donors (Lipinski definition) is 4. The number of hydrogen-bond acceptors (Lipinski definition) is 2. The highest BCUT2D eigenvalue weighted by Gasteiger charge is 2.04. The highest BCUT2D eigenvalue weighted by atomic mass is 32.1. The van der Waals surface area contributed by atoms with E-state index in [0.29, 0.717) is 10.2 Å². The first-order valence-electron chi connectivity index (χ1n) is 7.64. The molecule has 2 aromatic rings. The molecule has 0 bridgehead atoms. The topological polar surface area (TPSA) is 48.1 Å². The molecule has 0 saturated heterocycles. The normalized spacial score (nSPS) is 10.0. The molecule has 0 aliphatic carbocycles. The standard InChI is InChI=1S/C18H22N4S2/c1-11-8-9-15(10-13(11)3)19-17(23)21-22-18(24)20-16-7-5-6-12(2)14(16)4/h5-10H,1-4H3,(H2,19,21,23)(H2,20,22,24). The van der Waals surface area contributed by atoms with Crippen LogP contribution in [-0.4, -0.2) is 10.2 Å². The Kier molecular flexibility index (Phi) is 6.11. The van der Waals surface area contributed by atoms with Gasteiger partial charge >= 0.3 is 0 Å². The lowest BCUT2D eigenvalue weighted by Gasteiger charge is -2.16. The van der Waals surface area contributed by atoms with E-state index in [0.717, 1.165) is 16.9 Å². The molecule has 0 heterocycles. The number of thiocarbonyl (C=S) groups is 2. The summed E-state index contributed by atoms with van der Waals surface area (Å²) < 4.78 is 0. The SMILES string of the molecule is Cc1ccc(NC(=S)NNC(=S)Nc2cccc(C)c2C)cc1C. The maximum Gasteiger partial charge on any atom is 0.189 e. The van der Waals surface area contributed by atoms with Crippen LogP contribution in [0.15, 0.2) is 36.4 Å². The minimum atomic E-state index is 0.448. The molecule has 4 N–H and O–H groups in total.